The zero-order valence-corrected chi connectivity index (χ0v) is 12.9. The first-order valence-corrected chi connectivity index (χ1v) is 7.36. The molecule has 0 fully saturated rings. The maximum absolute atomic E-state index is 9.29. The fraction of sp³-hybridized carbons (Fsp3) is 0.263. The van der Waals surface area contributed by atoms with Crippen LogP contribution in [0.1, 0.15) is 18.4 Å². The van der Waals surface area contributed by atoms with Crippen LogP contribution < -0.4 is 0 Å². The number of benzene rings is 1. The fourth-order valence-electron chi connectivity index (χ4n) is 1.85. The lowest BCUT2D eigenvalue weighted by molar-refractivity contribution is 0.135. The zero-order valence-electron chi connectivity index (χ0n) is 12.9. The highest BCUT2D eigenvalue weighted by atomic mass is 16.5. The van der Waals surface area contributed by atoms with Crippen LogP contribution in [0.2, 0.25) is 0 Å². The molecule has 1 rings (SSSR count). The van der Waals surface area contributed by atoms with Crippen molar-refractivity contribution in [1.29, 1.82) is 0 Å². The van der Waals surface area contributed by atoms with Gasteiger partial charge in [-0.3, -0.25) is 0 Å². The fourth-order valence-corrected chi connectivity index (χ4v) is 1.85. The molecule has 0 spiro atoms. The summed E-state index contributed by atoms with van der Waals surface area (Å²) in [5, 5.41) is 18.5. The zero-order chi connectivity index (χ0) is 16.2. The Hall–Kier alpha value is -2.26. The number of aliphatic hydroxyl groups excluding tert-OH is 1. The number of hydrogen-bond donors (Lipinski definition) is 2. The molecule has 0 aliphatic heterocycles. The molecule has 0 saturated carbocycles. The quantitative estimate of drug-likeness (QED) is 0.381. The molecule has 0 radical (unpaired) electrons. The molecular formula is C19H24O3. The summed E-state index contributed by atoms with van der Waals surface area (Å²) in [6.45, 7) is 8.59. The lowest BCUT2D eigenvalue weighted by Gasteiger charge is -2.05. The Bertz CT molecular complexity index is 524. The first-order valence-electron chi connectivity index (χ1n) is 7.36. The molecule has 0 unspecified atom stereocenters. The van der Waals surface area contributed by atoms with E-state index in [2.05, 4.69) is 13.2 Å². The summed E-state index contributed by atoms with van der Waals surface area (Å²) in [4.78, 5) is 0. The van der Waals surface area contributed by atoms with Crippen LogP contribution in [0.3, 0.4) is 0 Å². The number of hydrogen-bond acceptors (Lipinski definition) is 3. The van der Waals surface area contributed by atoms with Gasteiger partial charge < -0.3 is 14.9 Å². The third-order valence-electron chi connectivity index (χ3n) is 3.17. The van der Waals surface area contributed by atoms with Crippen LogP contribution in [0.5, 0.6) is 5.75 Å². The van der Waals surface area contributed by atoms with Gasteiger partial charge in [0.05, 0.1) is 6.61 Å². The average Bonchev–Trinajstić information content (AvgIpc) is 2.54. The average molecular weight is 300 g/mol. The molecule has 0 aliphatic carbocycles. The van der Waals surface area contributed by atoms with Gasteiger partial charge in [-0.2, -0.15) is 0 Å². The molecule has 1 aromatic carbocycles. The van der Waals surface area contributed by atoms with E-state index in [0.717, 1.165) is 30.4 Å². The van der Waals surface area contributed by atoms with Crippen molar-refractivity contribution in [2.45, 2.75) is 19.3 Å². The number of rotatable bonds is 10. The molecule has 3 nitrogen and oxygen atoms in total. The number of allylic oxidation sites excluding steroid dienone is 5. The van der Waals surface area contributed by atoms with E-state index in [1.54, 1.807) is 24.3 Å². The van der Waals surface area contributed by atoms with Gasteiger partial charge in [-0.25, -0.2) is 0 Å². The van der Waals surface area contributed by atoms with Gasteiger partial charge in [-0.05, 0) is 54.7 Å². The summed E-state index contributed by atoms with van der Waals surface area (Å²) in [5.74, 6) is 0.425. The van der Waals surface area contributed by atoms with Crippen LogP contribution in [0, 0.1) is 0 Å². The summed E-state index contributed by atoms with van der Waals surface area (Å²) in [6, 6.07) is 7.16. The lowest BCUT2D eigenvalue weighted by atomic mass is 10.1. The summed E-state index contributed by atoms with van der Waals surface area (Å²) in [6.07, 6.45) is 9.20. The van der Waals surface area contributed by atoms with E-state index < -0.39 is 0 Å². The summed E-state index contributed by atoms with van der Waals surface area (Å²) < 4.78 is 5.60. The standard InChI is InChI=1S/C19H24O3/c1-3-16(7-10-18(20)4-2)6-5-14-22-15-13-17-8-11-19(21)12-9-17/h3-4,7-12,20-21H,1-2,5-6,13-15H2/b16-7+,18-10+. The highest BCUT2D eigenvalue weighted by molar-refractivity contribution is 5.26. The number of ether oxygens (including phenoxy) is 1. The summed E-state index contributed by atoms with van der Waals surface area (Å²) >= 11 is 0. The third kappa shape index (κ3) is 7.50. The topological polar surface area (TPSA) is 49.7 Å². The third-order valence-corrected chi connectivity index (χ3v) is 3.17. The second-order valence-electron chi connectivity index (χ2n) is 4.87. The van der Waals surface area contributed by atoms with Crippen LogP contribution in [0.15, 0.2) is 73.1 Å². The number of phenols is 1. The molecule has 0 heterocycles. The Kier molecular flexibility index (Phi) is 8.46. The van der Waals surface area contributed by atoms with Crippen molar-refractivity contribution in [2.75, 3.05) is 13.2 Å². The van der Waals surface area contributed by atoms with Gasteiger partial charge in [0.25, 0.3) is 0 Å². The second kappa shape index (κ2) is 10.5. The van der Waals surface area contributed by atoms with Crippen molar-refractivity contribution in [1.82, 2.24) is 0 Å². The predicted molar refractivity (Wildman–Crippen MR) is 91.1 cm³/mol. The van der Waals surface area contributed by atoms with Crippen LogP contribution in [0.4, 0.5) is 0 Å². The number of aliphatic hydroxyl groups is 1. The summed E-state index contributed by atoms with van der Waals surface area (Å²) in [5.41, 5.74) is 2.20. The van der Waals surface area contributed by atoms with E-state index >= 15 is 0 Å². The molecule has 0 aromatic heterocycles. The Morgan fingerprint density at radius 1 is 1.05 bits per heavy atom. The molecule has 0 saturated heterocycles. The Morgan fingerprint density at radius 3 is 2.41 bits per heavy atom. The minimum Gasteiger partial charge on any atom is -0.508 e. The molecular weight excluding hydrogens is 276 g/mol. The van der Waals surface area contributed by atoms with E-state index in [4.69, 9.17) is 4.74 Å². The highest BCUT2D eigenvalue weighted by Crippen LogP contribution is 2.11. The maximum Gasteiger partial charge on any atom is 0.115 e. The molecule has 22 heavy (non-hydrogen) atoms. The molecule has 0 atom stereocenters. The van der Waals surface area contributed by atoms with Gasteiger partial charge in [0.15, 0.2) is 0 Å². The Morgan fingerprint density at radius 2 is 1.77 bits per heavy atom. The molecule has 2 N–H and O–H groups in total. The van der Waals surface area contributed by atoms with Crippen LogP contribution in [-0.2, 0) is 11.2 Å². The van der Waals surface area contributed by atoms with Crippen molar-refractivity contribution in [3.63, 3.8) is 0 Å². The predicted octanol–water partition coefficient (Wildman–Crippen LogP) is 4.47. The van der Waals surface area contributed by atoms with Gasteiger partial charge in [0.2, 0.25) is 0 Å². The minimum atomic E-state index is 0.143. The normalized spacial score (nSPS) is 12.2. The lowest BCUT2D eigenvalue weighted by Crippen LogP contribution is -2.00. The van der Waals surface area contributed by atoms with Crippen LogP contribution in [-0.4, -0.2) is 23.4 Å². The largest absolute Gasteiger partial charge is 0.508 e. The smallest absolute Gasteiger partial charge is 0.115 e. The van der Waals surface area contributed by atoms with Crippen molar-refractivity contribution in [3.8, 4) is 5.75 Å². The Balaban J connectivity index is 2.20. The number of phenolic OH excluding ortho intramolecular Hbond substituents is 1. The molecule has 1 aromatic rings. The van der Waals surface area contributed by atoms with Gasteiger partial charge in [0, 0.05) is 6.61 Å². The first-order chi connectivity index (χ1) is 10.7. The van der Waals surface area contributed by atoms with Crippen molar-refractivity contribution < 1.29 is 14.9 Å². The first kappa shape index (κ1) is 17.8. The molecule has 0 amide bonds. The van der Waals surface area contributed by atoms with E-state index in [1.807, 2.05) is 18.2 Å². The van der Waals surface area contributed by atoms with Crippen molar-refractivity contribution in [3.05, 3.63) is 78.6 Å². The molecule has 118 valence electrons. The minimum absolute atomic E-state index is 0.143. The van der Waals surface area contributed by atoms with Crippen LogP contribution >= 0.6 is 0 Å². The summed E-state index contributed by atoms with van der Waals surface area (Å²) in [7, 11) is 0. The van der Waals surface area contributed by atoms with E-state index in [0.29, 0.717) is 13.2 Å². The highest BCUT2D eigenvalue weighted by Gasteiger charge is 1.96. The second-order valence-corrected chi connectivity index (χ2v) is 4.87. The Labute approximate surface area is 132 Å². The van der Waals surface area contributed by atoms with Gasteiger partial charge in [-0.1, -0.05) is 37.4 Å². The van der Waals surface area contributed by atoms with Gasteiger partial charge in [-0.15, -0.1) is 0 Å². The van der Waals surface area contributed by atoms with E-state index in [1.165, 1.54) is 6.08 Å². The monoisotopic (exact) mass is 300 g/mol. The van der Waals surface area contributed by atoms with Gasteiger partial charge in [0.1, 0.15) is 11.5 Å². The van der Waals surface area contributed by atoms with E-state index in [9.17, 15) is 10.2 Å². The molecule has 0 aliphatic rings. The SMILES string of the molecule is C=C/C(=C\C=C(\O)C=C)CCCOCCc1ccc(O)cc1. The van der Waals surface area contributed by atoms with Crippen molar-refractivity contribution >= 4 is 0 Å². The maximum atomic E-state index is 9.29. The van der Waals surface area contributed by atoms with Crippen molar-refractivity contribution in [2.24, 2.45) is 0 Å². The number of aromatic hydroxyl groups is 1. The van der Waals surface area contributed by atoms with Crippen LogP contribution in [0.25, 0.3) is 0 Å². The molecule has 3 heteroatoms. The molecule has 0 bridgehead atoms. The van der Waals surface area contributed by atoms with Gasteiger partial charge >= 0.3 is 0 Å². The van der Waals surface area contributed by atoms with E-state index in [-0.39, 0.29) is 11.5 Å².